The van der Waals surface area contributed by atoms with Gasteiger partial charge in [0.25, 0.3) is 0 Å². The van der Waals surface area contributed by atoms with Gasteiger partial charge < -0.3 is 10.2 Å². The van der Waals surface area contributed by atoms with Gasteiger partial charge in [0.05, 0.1) is 0 Å². The van der Waals surface area contributed by atoms with Crippen LogP contribution in [-0.4, -0.2) is 10.2 Å². The highest BCUT2D eigenvalue weighted by molar-refractivity contribution is 5.44. The average Bonchev–Trinajstić information content (AvgIpc) is 2.89. The minimum Gasteiger partial charge on any atom is -0.508 e. The minimum atomic E-state index is 0.311. The maximum Gasteiger partial charge on any atom is 0.118 e. The van der Waals surface area contributed by atoms with Crippen molar-refractivity contribution in [2.45, 2.75) is 142 Å². The number of phenols is 2. The Balaban J connectivity index is 2.02. The molecule has 0 aliphatic heterocycles. The lowest BCUT2D eigenvalue weighted by molar-refractivity contribution is 0.466. The Hall–Kier alpha value is -1.96. The predicted octanol–water partition coefficient (Wildman–Crippen LogP) is 10.6. The van der Waals surface area contributed by atoms with Crippen LogP contribution in [0.2, 0.25) is 0 Å². The molecule has 0 fully saturated rings. The normalized spacial score (nSPS) is 11.4. The van der Waals surface area contributed by atoms with E-state index in [1.807, 2.05) is 12.1 Å². The quantitative estimate of drug-likeness (QED) is 0.180. The van der Waals surface area contributed by atoms with Crippen LogP contribution in [0, 0.1) is 0 Å². The molecule has 202 valence electrons. The van der Waals surface area contributed by atoms with Crippen LogP contribution in [-0.2, 0) is 12.8 Å². The average molecular weight is 495 g/mol. The molecule has 0 spiro atoms. The molecule has 2 aromatic carbocycles. The minimum absolute atomic E-state index is 0.311. The van der Waals surface area contributed by atoms with E-state index in [9.17, 15) is 10.2 Å². The number of hydrogen-bond donors (Lipinski definition) is 2. The standard InChI is InChI=1S/C34H54O2/c1-4-7-10-11-12-13-14-15-16-17-18-21-32(28-22-24-33(35)30(26-28)19-8-5-2)29-23-25-34(36)31(27-29)20-9-6-3/h22-27,32,35-36H,4-21H2,1-3H3. The highest BCUT2D eigenvalue weighted by Gasteiger charge is 2.17. The van der Waals surface area contributed by atoms with Crippen molar-refractivity contribution in [1.82, 2.24) is 0 Å². The summed E-state index contributed by atoms with van der Waals surface area (Å²) >= 11 is 0. The summed E-state index contributed by atoms with van der Waals surface area (Å²) in [7, 11) is 0. The summed E-state index contributed by atoms with van der Waals surface area (Å²) in [4.78, 5) is 0. The van der Waals surface area contributed by atoms with Crippen molar-refractivity contribution in [3.63, 3.8) is 0 Å². The van der Waals surface area contributed by atoms with E-state index < -0.39 is 0 Å². The van der Waals surface area contributed by atoms with Crippen LogP contribution in [0.25, 0.3) is 0 Å². The van der Waals surface area contributed by atoms with Crippen LogP contribution in [0.3, 0.4) is 0 Å². The van der Waals surface area contributed by atoms with Crippen LogP contribution in [0.4, 0.5) is 0 Å². The first-order chi connectivity index (χ1) is 17.6. The van der Waals surface area contributed by atoms with Crippen molar-refractivity contribution in [3.05, 3.63) is 58.7 Å². The number of rotatable bonds is 20. The van der Waals surface area contributed by atoms with Gasteiger partial charge in [0.15, 0.2) is 0 Å². The highest BCUT2D eigenvalue weighted by Crippen LogP contribution is 2.35. The van der Waals surface area contributed by atoms with Crippen LogP contribution in [0.1, 0.15) is 152 Å². The number of hydrogen-bond acceptors (Lipinski definition) is 2. The second kappa shape index (κ2) is 18.3. The highest BCUT2D eigenvalue weighted by atomic mass is 16.3. The molecule has 0 amide bonds. The molecule has 0 aromatic heterocycles. The molecule has 0 saturated heterocycles. The molecular weight excluding hydrogens is 440 g/mol. The fraction of sp³-hybridized carbons (Fsp3) is 0.647. The number of benzene rings is 2. The lowest BCUT2D eigenvalue weighted by atomic mass is 9.84. The Labute approximate surface area is 222 Å². The van der Waals surface area contributed by atoms with E-state index in [-0.39, 0.29) is 0 Å². The summed E-state index contributed by atoms with van der Waals surface area (Å²) in [5, 5.41) is 20.9. The summed E-state index contributed by atoms with van der Waals surface area (Å²) in [5.74, 6) is 1.16. The molecule has 0 bridgehead atoms. The van der Waals surface area contributed by atoms with Gasteiger partial charge in [-0.25, -0.2) is 0 Å². The maximum atomic E-state index is 10.4. The van der Waals surface area contributed by atoms with Gasteiger partial charge in [0.1, 0.15) is 11.5 Å². The van der Waals surface area contributed by atoms with E-state index in [0.717, 1.165) is 56.1 Å². The van der Waals surface area contributed by atoms with Gasteiger partial charge in [0, 0.05) is 5.92 Å². The third-order valence-corrected chi connectivity index (χ3v) is 7.71. The molecule has 0 heterocycles. The smallest absolute Gasteiger partial charge is 0.118 e. The molecule has 2 aromatic rings. The van der Waals surface area contributed by atoms with Crippen LogP contribution in [0.15, 0.2) is 36.4 Å². The van der Waals surface area contributed by atoms with E-state index in [4.69, 9.17) is 0 Å². The summed E-state index contributed by atoms with van der Waals surface area (Å²) in [6.45, 7) is 6.68. The molecule has 2 heteroatoms. The van der Waals surface area contributed by atoms with Crippen molar-refractivity contribution in [2.24, 2.45) is 0 Å². The van der Waals surface area contributed by atoms with Crippen molar-refractivity contribution in [1.29, 1.82) is 0 Å². The van der Waals surface area contributed by atoms with E-state index in [1.54, 1.807) is 0 Å². The molecule has 2 rings (SSSR count). The Morgan fingerprint density at radius 3 is 1.31 bits per heavy atom. The largest absolute Gasteiger partial charge is 0.508 e. The molecule has 0 aliphatic rings. The van der Waals surface area contributed by atoms with E-state index in [0.29, 0.717) is 17.4 Å². The Morgan fingerprint density at radius 2 is 0.889 bits per heavy atom. The molecule has 0 radical (unpaired) electrons. The van der Waals surface area contributed by atoms with Crippen molar-refractivity contribution in [3.8, 4) is 11.5 Å². The molecule has 0 unspecified atom stereocenters. The van der Waals surface area contributed by atoms with E-state index in [2.05, 4.69) is 45.0 Å². The predicted molar refractivity (Wildman–Crippen MR) is 156 cm³/mol. The zero-order chi connectivity index (χ0) is 26.0. The van der Waals surface area contributed by atoms with Crippen molar-refractivity contribution >= 4 is 0 Å². The summed E-state index contributed by atoms with van der Waals surface area (Å²) in [5.41, 5.74) is 4.75. The van der Waals surface area contributed by atoms with Gasteiger partial charge in [-0.05, 0) is 66.5 Å². The van der Waals surface area contributed by atoms with Crippen molar-refractivity contribution in [2.75, 3.05) is 0 Å². The molecule has 2 nitrogen and oxygen atoms in total. The Bertz CT molecular complexity index is 784. The maximum absolute atomic E-state index is 10.4. The Kier molecular flexibility index (Phi) is 15.4. The lowest BCUT2D eigenvalue weighted by Gasteiger charge is -2.21. The zero-order valence-corrected chi connectivity index (χ0v) is 23.7. The van der Waals surface area contributed by atoms with Crippen LogP contribution >= 0.6 is 0 Å². The third kappa shape index (κ3) is 11.0. The first-order valence-electron chi connectivity index (χ1n) is 15.2. The van der Waals surface area contributed by atoms with Crippen LogP contribution < -0.4 is 0 Å². The van der Waals surface area contributed by atoms with Gasteiger partial charge in [-0.1, -0.05) is 129 Å². The molecule has 36 heavy (non-hydrogen) atoms. The van der Waals surface area contributed by atoms with Gasteiger partial charge in [0.2, 0.25) is 0 Å². The topological polar surface area (TPSA) is 40.5 Å². The lowest BCUT2D eigenvalue weighted by Crippen LogP contribution is -2.04. The van der Waals surface area contributed by atoms with Crippen LogP contribution in [0.5, 0.6) is 11.5 Å². The number of unbranched alkanes of at least 4 members (excludes halogenated alkanes) is 12. The summed E-state index contributed by atoms with van der Waals surface area (Å²) in [6.07, 6.45) is 22.4. The second-order valence-corrected chi connectivity index (χ2v) is 10.9. The van der Waals surface area contributed by atoms with Gasteiger partial charge in [-0.15, -0.1) is 0 Å². The van der Waals surface area contributed by atoms with Crippen molar-refractivity contribution < 1.29 is 10.2 Å². The first-order valence-corrected chi connectivity index (χ1v) is 15.2. The first kappa shape index (κ1) is 30.3. The SMILES string of the molecule is CCCCCCCCCCCCCC(c1ccc(O)c(CCCC)c1)c1ccc(O)c(CCCC)c1. The van der Waals surface area contributed by atoms with E-state index >= 15 is 0 Å². The van der Waals surface area contributed by atoms with Gasteiger partial charge >= 0.3 is 0 Å². The monoisotopic (exact) mass is 494 g/mol. The number of aryl methyl sites for hydroxylation is 2. The molecular formula is C34H54O2. The molecule has 0 atom stereocenters. The zero-order valence-electron chi connectivity index (χ0n) is 23.7. The molecule has 0 aliphatic carbocycles. The van der Waals surface area contributed by atoms with Gasteiger partial charge in [-0.2, -0.15) is 0 Å². The third-order valence-electron chi connectivity index (χ3n) is 7.71. The second-order valence-electron chi connectivity index (χ2n) is 10.9. The fourth-order valence-electron chi connectivity index (χ4n) is 5.32. The Morgan fingerprint density at radius 1 is 0.500 bits per heavy atom. The molecule has 0 saturated carbocycles. The van der Waals surface area contributed by atoms with Gasteiger partial charge in [-0.3, -0.25) is 0 Å². The number of phenolic OH excluding ortho intramolecular Hbond substituents is 2. The fourth-order valence-corrected chi connectivity index (χ4v) is 5.32. The molecule has 2 N–H and O–H groups in total. The number of aromatic hydroxyl groups is 2. The van der Waals surface area contributed by atoms with E-state index in [1.165, 1.54) is 81.8 Å². The summed E-state index contributed by atoms with van der Waals surface area (Å²) < 4.78 is 0. The summed E-state index contributed by atoms with van der Waals surface area (Å²) in [6, 6.07) is 12.5.